The number of nitrogens with zero attached hydrogens (tertiary/aromatic N) is 6. The molecular weight excluding hydrogens is 629 g/mol. The molecule has 4 heterocycles. The number of β-amino-alcohol motifs (C(OH)–C–C–N with tert-alkyl or cyclic N) is 1. The predicted molar refractivity (Wildman–Crippen MR) is 175 cm³/mol. The fourth-order valence-electron chi connectivity index (χ4n) is 6.81. The van der Waals surface area contributed by atoms with Crippen molar-refractivity contribution >= 4 is 21.9 Å². The zero-order valence-electron chi connectivity index (χ0n) is 28.1. The largest absolute Gasteiger partial charge is 0.451 e. The first-order chi connectivity index (χ1) is 22.1. The van der Waals surface area contributed by atoms with Gasteiger partial charge in [0, 0.05) is 57.1 Å². The van der Waals surface area contributed by atoms with Crippen molar-refractivity contribution < 1.29 is 32.2 Å². The molecule has 260 valence electrons. The number of benzene rings is 1. The summed E-state index contributed by atoms with van der Waals surface area (Å²) in [5.41, 5.74) is 0.236. The van der Waals surface area contributed by atoms with Crippen LogP contribution in [0.5, 0.6) is 11.5 Å². The summed E-state index contributed by atoms with van der Waals surface area (Å²) in [6, 6.07) is 3.41. The topological polar surface area (TPSA) is 141 Å². The lowest BCUT2D eigenvalue weighted by molar-refractivity contribution is -0.239. The van der Waals surface area contributed by atoms with E-state index in [2.05, 4.69) is 24.5 Å². The number of carbonyl (C=O) groups excluding carboxylic acids is 1. The highest BCUT2D eigenvalue weighted by atomic mass is 32.2. The lowest BCUT2D eigenvalue weighted by Crippen LogP contribution is -2.62. The third-order valence-electron chi connectivity index (χ3n) is 9.37. The fraction of sp³-hybridized carbons (Fsp3) is 0.656. The zero-order chi connectivity index (χ0) is 34.1. The van der Waals surface area contributed by atoms with Gasteiger partial charge in [0.15, 0.2) is 17.4 Å². The van der Waals surface area contributed by atoms with Crippen LogP contribution in [0.2, 0.25) is 0 Å². The molecule has 47 heavy (non-hydrogen) atoms. The maximum absolute atomic E-state index is 14.4. The summed E-state index contributed by atoms with van der Waals surface area (Å²) in [7, 11) is -0.635. The summed E-state index contributed by atoms with van der Waals surface area (Å²) in [6.07, 6.45) is 5.73. The Morgan fingerprint density at radius 2 is 1.83 bits per heavy atom. The Morgan fingerprint density at radius 1 is 1.15 bits per heavy atom. The van der Waals surface area contributed by atoms with E-state index in [1.165, 1.54) is 38.6 Å². The van der Waals surface area contributed by atoms with Gasteiger partial charge < -0.3 is 24.4 Å². The van der Waals surface area contributed by atoms with Crippen molar-refractivity contribution in [1.82, 2.24) is 28.8 Å². The standard InChI is InChI=1S/C32H48FN7O6S/c1-22(2)40(23(3)4)30(41)26-15-24(33)7-8-27(26)46-28-16-34-21-35-29(28)39-18-31(19-39)11-13-38(14-12-31)20-32(42)10-9-25(17-45-32)36-47(43,44)37(5)6/h7-8,15-16,21-23,25,36,42H,9-14,17-20H2,1-6H3/t25-,32-/m1/s1. The molecule has 0 aliphatic carbocycles. The summed E-state index contributed by atoms with van der Waals surface area (Å²) < 4.78 is 54.4. The van der Waals surface area contributed by atoms with Crippen molar-refractivity contribution in [1.29, 1.82) is 0 Å². The maximum atomic E-state index is 14.4. The second kappa shape index (κ2) is 13.9. The number of aliphatic hydroxyl groups is 1. The average molecular weight is 678 g/mol. The number of piperidine rings is 1. The number of halogens is 1. The zero-order valence-corrected chi connectivity index (χ0v) is 29.0. The van der Waals surface area contributed by atoms with Crippen LogP contribution >= 0.6 is 0 Å². The maximum Gasteiger partial charge on any atom is 0.279 e. The van der Waals surface area contributed by atoms with Crippen LogP contribution in [0.3, 0.4) is 0 Å². The minimum atomic E-state index is -3.57. The number of anilines is 1. The lowest BCUT2D eigenvalue weighted by atomic mass is 9.72. The van der Waals surface area contributed by atoms with Crippen LogP contribution < -0.4 is 14.4 Å². The van der Waals surface area contributed by atoms with E-state index in [9.17, 15) is 22.7 Å². The van der Waals surface area contributed by atoms with Gasteiger partial charge in [0.2, 0.25) is 0 Å². The minimum Gasteiger partial charge on any atom is -0.451 e. The number of likely N-dealkylation sites (tertiary alicyclic amines) is 1. The summed E-state index contributed by atoms with van der Waals surface area (Å²) >= 11 is 0. The molecule has 1 aromatic carbocycles. The number of hydrogen-bond donors (Lipinski definition) is 2. The molecule has 1 spiro atoms. The second-order valence-electron chi connectivity index (χ2n) is 13.9. The average Bonchev–Trinajstić information content (AvgIpc) is 2.98. The number of aromatic nitrogens is 2. The first-order valence-corrected chi connectivity index (χ1v) is 17.7. The highest BCUT2D eigenvalue weighted by molar-refractivity contribution is 7.87. The van der Waals surface area contributed by atoms with Crippen molar-refractivity contribution in [3.05, 3.63) is 42.1 Å². The number of carbonyl (C=O) groups is 1. The first kappa shape index (κ1) is 35.4. The molecule has 3 aliphatic rings. The van der Waals surface area contributed by atoms with Gasteiger partial charge in [-0.05, 0) is 78.2 Å². The van der Waals surface area contributed by atoms with Gasteiger partial charge in [-0.3, -0.25) is 9.69 Å². The smallest absolute Gasteiger partial charge is 0.279 e. The normalized spacial score (nSPS) is 23.4. The van der Waals surface area contributed by atoms with Crippen molar-refractivity contribution in [2.24, 2.45) is 5.41 Å². The van der Waals surface area contributed by atoms with E-state index < -0.39 is 21.8 Å². The minimum absolute atomic E-state index is 0.0834. The summed E-state index contributed by atoms with van der Waals surface area (Å²) in [6.45, 7) is 11.3. The monoisotopic (exact) mass is 677 g/mol. The SMILES string of the molecule is CC(C)N(C(=O)c1cc(F)ccc1Oc1cncnc1N1CC2(CCN(C[C@@]3(O)CC[C@@H](NS(=O)(=O)N(C)C)CO3)CC2)C1)C(C)C. The highest BCUT2D eigenvalue weighted by Crippen LogP contribution is 2.45. The van der Waals surface area contributed by atoms with Crippen LogP contribution in [-0.4, -0.2) is 121 Å². The van der Waals surface area contributed by atoms with Crippen molar-refractivity contribution in [2.75, 3.05) is 58.3 Å². The van der Waals surface area contributed by atoms with Gasteiger partial charge in [-0.25, -0.2) is 14.4 Å². The molecule has 0 radical (unpaired) electrons. The molecule has 3 aliphatic heterocycles. The fourth-order valence-corrected chi connectivity index (χ4v) is 7.63. The Labute approximate surface area is 277 Å². The Kier molecular flexibility index (Phi) is 10.4. The molecule has 13 nitrogen and oxygen atoms in total. The van der Waals surface area contributed by atoms with Gasteiger partial charge in [-0.1, -0.05) is 0 Å². The van der Waals surface area contributed by atoms with Crippen LogP contribution in [0.15, 0.2) is 30.7 Å². The summed E-state index contributed by atoms with van der Waals surface area (Å²) in [4.78, 5) is 28.2. The quantitative estimate of drug-likeness (QED) is 0.365. The number of rotatable bonds is 11. The van der Waals surface area contributed by atoms with E-state index in [-0.39, 0.29) is 47.4 Å². The predicted octanol–water partition coefficient (Wildman–Crippen LogP) is 2.83. The molecular formula is C32H48FN7O6S. The van der Waals surface area contributed by atoms with Crippen molar-refractivity contribution in [3.63, 3.8) is 0 Å². The van der Waals surface area contributed by atoms with E-state index in [4.69, 9.17) is 9.47 Å². The van der Waals surface area contributed by atoms with Crippen LogP contribution in [-0.2, 0) is 14.9 Å². The van der Waals surface area contributed by atoms with Crippen molar-refractivity contribution in [2.45, 2.75) is 77.3 Å². The van der Waals surface area contributed by atoms with E-state index >= 15 is 0 Å². The molecule has 1 aromatic heterocycles. The number of amides is 1. The van der Waals surface area contributed by atoms with Gasteiger partial charge in [0.1, 0.15) is 17.9 Å². The first-order valence-electron chi connectivity index (χ1n) is 16.2. The van der Waals surface area contributed by atoms with E-state index in [1.807, 2.05) is 27.7 Å². The molecule has 3 fully saturated rings. The molecule has 5 rings (SSSR count). The Bertz CT molecular complexity index is 1510. The number of hydrogen-bond acceptors (Lipinski definition) is 10. The van der Waals surface area contributed by atoms with Crippen LogP contribution in [0.25, 0.3) is 0 Å². The van der Waals surface area contributed by atoms with Gasteiger partial charge >= 0.3 is 0 Å². The number of nitrogens with one attached hydrogen (secondary N) is 1. The highest BCUT2D eigenvalue weighted by Gasteiger charge is 2.47. The molecule has 1 amide bonds. The Balaban J connectivity index is 1.17. The van der Waals surface area contributed by atoms with Gasteiger partial charge in [0.05, 0.1) is 24.9 Å². The number of ether oxygens (including phenoxy) is 2. The molecule has 15 heteroatoms. The summed E-state index contributed by atoms with van der Waals surface area (Å²) in [5, 5.41) is 11.1. The van der Waals surface area contributed by atoms with Crippen LogP contribution in [0.4, 0.5) is 10.2 Å². The second-order valence-corrected chi connectivity index (χ2v) is 15.8. The molecule has 2 aromatic rings. The molecule has 0 bridgehead atoms. The van der Waals surface area contributed by atoms with Gasteiger partial charge in [0.25, 0.3) is 16.1 Å². The Morgan fingerprint density at radius 3 is 2.43 bits per heavy atom. The van der Waals surface area contributed by atoms with E-state index in [1.54, 1.807) is 11.1 Å². The third-order valence-corrected chi connectivity index (χ3v) is 11.0. The molecule has 3 saturated heterocycles. The molecule has 0 saturated carbocycles. The van der Waals surface area contributed by atoms with Gasteiger partial charge in [-0.2, -0.15) is 17.4 Å². The van der Waals surface area contributed by atoms with Gasteiger partial charge in [-0.15, -0.1) is 0 Å². The third kappa shape index (κ3) is 8.03. The molecule has 0 unspecified atom stereocenters. The molecule has 2 atom stereocenters. The van der Waals surface area contributed by atoms with Crippen LogP contribution in [0, 0.1) is 11.2 Å². The lowest BCUT2D eigenvalue weighted by Gasteiger charge is -2.55. The van der Waals surface area contributed by atoms with E-state index in [0.717, 1.165) is 43.3 Å². The van der Waals surface area contributed by atoms with Crippen molar-refractivity contribution in [3.8, 4) is 11.5 Å². The summed E-state index contributed by atoms with van der Waals surface area (Å²) in [5.74, 6) is -0.895. The molecule has 2 N–H and O–H groups in total. The van der Waals surface area contributed by atoms with E-state index in [0.29, 0.717) is 31.0 Å². The Hall–Kier alpha value is -2.95. The van der Waals surface area contributed by atoms with Crippen LogP contribution in [0.1, 0.15) is 63.7 Å².